The van der Waals surface area contributed by atoms with Crippen LogP contribution in [0.4, 0.5) is 0 Å². The minimum absolute atomic E-state index is 0.0979. The van der Waals surface area contributed by atoms with Crippen LogP contribution in [-0.2, 0) is 5.41 Å². The van der Waals surface area contributed by atoms with Gasteiger partial charge in [-0.1, -0.05) is 74.6 Å². The summed E-state index contributed by atoms with van der Waals surface area (Å²) >= 11 is 6.42. The molecule has 0 aromatic heterocycles. The molecule has 0 spiro atoms. The van der Waals surface area contributed by atoms with Gasteiger partial charge in [0, 0.05) is 24.5 Å². The molecule has 7 rings (SSSR count). The largest absolute Gasteiger partial charge is 0.490 e. The summed E-state index contributed by atoms with van der Waals surface area (Å²) in [5.74, 6) is 2.09. The fraction of sp³-hybridized carbons (Fsp3) is 0.567. The fourth-order valence-corrected chi connectivity index (χ4v) is 8.61. The lowest BCUT2D eigenvalue weighted by Crippen LogP contribution is -2.65. The molecule has 1 aliphatic heterocycles. The van der Waals surface area contributed by atoms with Crippen molar-refractivity contribution in [3.05, 3.63) is 66.2 Å². The van der Waals surface area contributed by atoms with E-state index in [-0.39, 0.29) is 22.3 Å². The van der Waals surface area contributed by atoms with Gasteiger partial charge >= 0.3 is 0 Å². The van der Waals surface area contributed by atoms with Crippen LogP contribution in [0.5, 0.6) is 5.75 Å². The quantitative estimate of drug-likeness (QED) is 0.554. The summed E-state index contributed by atoms with van der Waals surface area (Å²) in [5.41, 5.74) is 8.41. The van der Waals surface area contributed by atoms with E-state index in [9.17, 15) is 0 Å². The van der Waals surface area contributed by atoms with Gasteiger partial charge in [0.15, 0.2) is 0 Å². The SMILES string of the molecule is CC1(C)CN(C(=S)C23CC4CC(c5ccccc5)(CC(C2)C4Oc2ccccc2)C3)CC[C@@H]1N. The van der Waals surface area contributed by atoms with Gasteiger partial charge in [-0.25, -0.2) is 0 Å². The van der Waals surface area contributed by atoms with Crippen molar-refractivity contribution in [1.29, 1.82) is 0 Å². The average molecular weight is 475 g/mol. The number of hydrogen-bond donors (Lipinski definition) is 1. The predicted molar refractivity (Wildman–Crippen MR) is 142 cm³/mol. The first-order chi connectivity index (χ1) is 16.3. The van der Waals surface area contributed by atoms with Crippen LogP contribution >= 0.6 is 12.2 Å². The molecule has 2 aromatic carbocycles. The number of ether oxygens (including phenoxy) is 1. The van der Waals surface area contributed by atoms with Crippen molar-refractivity contribution in [1.82, 2.24) is 4.90 Å². The highest BCUT2D eigenvalue weighted by Crippen LogP contribution is 2.67. The number of hydrogen-bond acceptors (Lipinski definition) is 3. The maximum absolute atomic E-state index is 6.72. The van der Waals surface area contributed by atoms with Crippen molar-refractivity contribution in [2.75, 3.05) is 13.1 Å². The molecule has 180 valence electrons. The van der Waals surface area contributed by atoms with Gasteiger partial charge in [-0.05, 0) is 78.9 Å². The second-order valence-corrected chi connectivity index (χ2v) is 12.8. The Morgan fingerprint density at radius 1 is 0.941 bits per heavy atom. The molecule has 3 atom stereocenters. The summed E-state index contributed by atoms with van der Waals surface area (Å²) in [6, 6.07) is 22.0. The Hall–Kier alpha value is -1.91. The minimum atomic E-state index is 0.0979. The molecule has 4 heteroatoms. The third-order valence-corrected chi connectivity index (χ3v) is 10.4. The molecule has 2 N–H and O–H groups in total. The van der Waals surface area contributed by atoms with E-state index >= 15 is 0 Å². The number of benzene rings is 2. The average Bonchev–Trinajstić information content (AvgIpc) is 2.83. The van der Waals surface area contributed by atoms with Gasteiger partial charge in [0.25, 0.3) is 0 Å². The zero-order chi connectivity index (χ0) is 23.6. The van der Waals surface area contributed by atoms with Gasteiger partial charge < -0.3 is 15.4 Å². The molecule has 0 amide bonds. The van der Waals surface area contributed by atoms with Crippen molar-refractivity contribution in [3.8, 4) is 5.75 Å². The summed E-state index contributed by atoms with van der Waals surface area (Å²) < 4.78 is 6.72. The molecular weight excluding hydrogens is 436 g/mol. The zero-order valence-corrected chi connectivity index (χ0v) is 21.4. The van der Waals surface area contributed by atoms with E-state index in [2.05, 4.69) is 79.4 Å². The molecule has 4 aliphatic carbocycles. The Bertz CT molecular complexity index is 1040. The molecule has 5 aliphatic rings. The monoisotopic (exact) mass is 474 g/mol. The molecule has 4 bridgehead atoms. The number of thiocarbonyl (C=S) groups is 1. The van der Waals surface area contributed by atoms with Crippen LogP contribution < -0.4 is 10.5 Å². The number of nitrogens with two attached hydrogens (primary N) is 1. The summed E-state index contributed by atoms with van der Waals surface area (Å²) in [7, 11) is 0. The first-order valence-corrected chi connectivity index (χ1v) is 13.5. The number of rotatable bonds is 4. The summed E-state index contributed by atoms with van der Waals surface area (Å²) in [4.78, 5) is 3.76. The number of piperidine rings is 1. The molecule has 1 saturated heterocycles. The van der Waals surface area contributed by atoms with Crippen molar-refractivity contribution in [2.45, 2.75) is 69.9 Å². The lowest BCUT2D eigenvalue weighted by atomic mass is 9.42. The summed E-state index contributed by atoms with van der Waals surface area (Å²) in [5, 5.41) is 0. The van der Waals surface area contributed by atoms with Gasteiger partial charge in [0.05, 0.1) is 4.99 Å². The van der Waals surface area contributed by atoms with Gasteiger partial charge in [0.1, 0.15) is 11.9 Å². The van der Waals surface area contributed by atoms with Gasteiger partial charge in [-0.2, -0.15) is 0 Å². The standard InChI is InChI=1S/C30H38N2OS/c1-28(2)20-32(14-13-25(28)31)27(34)30-17-21-15-29(19-30,23-9-5-3-6-10-23)16-22(18-30)26(21)33-24-11-7-4-8-12-24/h3-12,21-22,25-26H,13-20,31H2,1-2H3/t21?,22?,25-,26?,29?,30?/m0/s1. The lowest BCUT2D eigenvalue weighted by Gasteiger charge is -2.65. The van der Waals surface area contributed by atoms with E-state index in [0.717, 1.165) is 38.1 Å². The van der Waals surface area contributed by atoms with Crippen molar-refractivity contribution < 1.29 is 4.74 Å². The Labute approximate surface area is 210 Å². The molecule has 34 heavy (non-hydrogen) atoms. The maximum atomic E-state index is 6.72. The second kappa shape index (κ2) is 8.06. The first-order valence-electron chi connectivity index (χ1n) is 13.1. The summed E-state index contributed by atoms with van der Waals surface area (Å²) in [6.45, 7) is 6.60. The molecule has 5 fully saturated rings. The minimum Gasteiger partial charge on any atom is -0.490 e. The number of nitrogens with zero attached hydrogens (tertiary/aromatic N) is 1. The Balaban J connectivity index is 1.34. The molecule has 3 nitrogen and oxygen atoms in total. The Morgan fingerprint density at radius 2 is 1.56 bits per heavy atom. The van der Waals surface area contributed by atoms with Crippen LogP contribution in [0.15, 0.2) is 60.7 Å². The van der Waals surface area contributed by atoms with E-state index in [0.29, 0.717) is 17.9 Å². The summed E-state index contributed by atoms with van der Waals surface area (Å²) in [6.07, 6.45) is 7.27. The van der Waals surface area contributed by atoms with Crippen LogP contribution in [0.2, 0.25) is 0 Å². The highest BCUT2D eigenvalue weighted by atomic mass is 32.1. The second-order valence-electron chi connectivity index (χ2n) is 12.4. The Morgan fingerprint density at radius 3 is 2.18 bits per heavy atom. The van der Waals surface area contributed by atoms with Crippen molar-refractivity contribution in [2.24, 2.45) is 28.4 Å². The number of para-hydroxylation sites is 1. The van der Waals surface area contributed by atoms with Crippen molar-refractivity contribution in [3.63, 3.8) is 0 Å². The predicted octanol–water partition coefficient (Wildman–Crippen LogP) is 5.97. The fourth-order valence-electron chi connectivity index (χ4n) is 8.22. The van der Waals surface area contributed by atoms with Crippen LogP contribution in [0.3, 0.4) is 0 Å². The van der Waals surface area contributed by atoms with E-state index in [1.165, 1.54) is 29.8 Å². The molecule has 1 heterocycles. The van der Waals surface area contributed by atoms with Gasteiger partial charge in [-0.15, -0.1) is 0 Å². The number of likely N-dealkylation sites (tertiary alicyclic amines) is 1. The van der Waals surface area contributed by atoms with Crippen LogP contribution in [0.1, 0.15) is 57.9 Å². The van der Waals surface area contributed by atoms with Crippen LogP contribution in [0.25, 0.3) is 0 Å². The molecule has 2 aromatic rings. The molecule has 0 radical (unpaired) electrons. The Kier molecular flexibility index (Phi) is 5.35. The highest BCUT2D eigenvalue weighted by molar-refractivity contribution is 7.80. The molecule has 2 unspecified atom stereocenters. The first kappa shape index (κ1) is 22.5. The topological polar surface area (TPSA) is 38.5 Å². The van der Waals surface area contributed by atoms with E-state index < -0.39 is 0 Å². The maximum Gasteiger partial charge on any atom is 0.119 e. The lowest BCUT2D eigenvalue weighted by molar-refractivity contribution is -0.116. The third-order valence-electron chi connectivity index (χ3n) is 9.67. The van der Waals surface area contributed by atoms with E-state index in [1.54, 1.807) is 0 Å². The zero-order valence-electron chi connectivity index (χ0n) is 20.6. The van der Waals surface area contributed by atoms with Crippen LogP contribution in [-0.4, -0.2) is 35.1 Å². The third kappa shape index (κ3) is 3.60. The smallest absolute Gasteiger partial charge is 0.119 e. The van der Waals surface area contributed by atoms with Crippen molar-refractivity contribution >= 4 is 17.2 Å². The van der Waals surface area contributed by atoms with E-state index in [4.69, 9.17) is 22.7 Å². The van der Waals surface area contributed by atoms with Gasteiger partial charge in [-0.3, -0.25) is 0 Å². The molecular formula is C30H38N2OS. The van der Waals surface area contributed by atoms with Gasteiger partial charge in [0.2, 0.25) is 0 Å². The van der Waals surface area contributed by atoms with E-state index in [1.807, 2.05) is 0 Å². The highest BCUT2D eigenvalue weighted by Gasteiger charge is 2.64. The molecule has 4 saturated carbocycles. The normalized spacial score (nSPS) is 38.0. The van der Waals surface area contributed by atoms with Crippen LogP contribution in [0, 0.1) is 22.7 Å².